The second-order valence-corrected chi connectivity index (χ2v) is 7.21. The third kappa shape index (κ3) is 2.18. The maximum Gasteiger partial charge on any atom is 0.220 e. The number of rotatable bonds is 4. The molecule has 2 atom stereocenters. The van der Waals surface area contributed by atoms with Crippen LogP contribution in [0.1, 0.15) is 58.3 Å². The summed E-state index contributed by atoms with van der Waals surface area (Å²) in [6, 6.07) is 0. The molecule has 0 spiro atoms. The van der Waals surface area contributed by atoms with Crippen molar-refractivity contribution in [2.24, 2.45) is 17.3 Å². The second-order valence-electron chi connectivity index (χ2n) is 7.21. The van der Waals surface area contributed by atoms with Crippen LogP contribution in [0.5, 0.6) is 0 Å². The SMILES string of the molecule is CCCNC(=O)CC12CC3CC(CC(O)(C3)C1)C2. The number of nitrogens with one attached hydrogen (secondary N) is 1. The lowest BCUT2D eigenvalue weighted by Crippen LogP contribution is -2.56. The van der Waals surface area contributed by atoms with Crippen molar-refractivity contribution in [2.45, 2.75) is 63.9 Å². The van der Waals surface area contributed by atoms with Gasteiger partial charge in [-0.25, -0.2) is 0 Å². The molecule has 2 N–H and O–H groups in total. The summed E-state index contributed by atoms with van der Waals surface area (Å²) in [7, 11) is 0. The van der Waals surface area contributed by atoms with Gasteiger partial charge in [-0.15, -0.1) is 0 Å². The molecule has 2 unspecified atom stereocenters. The summed E-state index contributed by atoms with van der Waals surface area (Å²) in [6.07, 6.45) is 8.11. The fourth-order valence-corrected chi connectivity index (χ4v) is 5.28. The minimum atomic E-state index is -0.435. The largest absolute Gasteiger partial charge is 0.390 e. The highest BCUT2D eigenvalue weighted by atomic mass is 16.3. The van der Waals surface area contributed by atoms with Crippen LogP contribution in [-0.2, 0) is 4.79 Å². The minimum absolute atomic E-state index is 0.122. The lowest BCUT2D eigenvalue weighted by atomic mass is 9.47. The Labute approximate surface area is 109 Å². The highest BCUT2D eigenvalue weighted by molar-refractivity contribution is 5.76. The smallest absolute Gasteiger partial charge is 0.220 e. The van der Waals surface area contributed by atoms with Crippen LogP contribution in [0.15, 0.2) is 0 Å². The Balaban J connectivity index is 1.69. The van der Waals surface area contributed by atoms with Gasteiger partial charge in [0.05, 0.1) is 5.60 Å². The number of amides is 1. The lowest BCUT2D eigenvalue weighted by molar-refractivity contribution is -0.169. The van der Waals surface area contributed by atoms with E-state index in [0.717, 1.165) is 32.2 Å². The van der Waals surface area contributed by atoms with Gasteiger partial charge in [-0.05, 0) is 62.2 Å². The van der Waals surface area contributed by atoms with E-state index < -0.39 is 5.60 Å². The van der Waals surface area contributed by atoms with E-state index in [9.17, 15) is 9.90 Å². The van der Waals surface area contributed by atoms with Crippen LogP contribution >= 0.6 is 0 Å². The van der Waals surface area contributed by atoms with E-state index in [-0.39, 0.29) is 11.3 Å². The third-order valence-corrected chi connectivity index (χ3v) is 5.26. The van der Waals surface area contributed by atoms with Crippen LogP contribution < -0.4 is 5.32 Å². The standard InChI is InChI=1S/C15H25NO2/c1-2-3-16-13(17)9-14-5-11-4-12(6-14)8-15(18,7-11)10-14/h11-12,18H,2-10H2,1H3,(H,16,17). The molecular formula is C15H25NO2. The molecule has 1 amide bonds. The Morgan fingerprint density at radius 1 is 1.28 bits per heavy atom. The van der Waals surface area contributed by atoms with E-state index in [1.165, 1.54) is 19.3 Å². The van der Waals surface area contributed by atoms with Gasteiger partial charge < -0.3 is 10.4 Å². The number of carbonyl (C=O) groups is 1. The minimum Gasteiger partial charge on any atom is -0.390 e. The summed E-state index contributed by atoms with van der Waals surface area (Å²) in [5.41, 5.74) is -0.314. The Kier molecular flexibility index (Phi) is 2.92. The molecule has 0 aliphatic heterocycles. The van der Waals surface area contributed by atoms with Gasteiger partial charge in [-0.3, -0.25) is 4.79 Å². The van der Waals surface area contributed by atoms with Gasteiger partial charge in [0.25, 0.3) is 0 Å². The Bertz CT molecular complexity index is 338. The highest BCUT2D eigenvalue weighted by Gasteiger charge is 2.57. The van der Waals surface area contributed by atoms with Crippen LogP contribution in [0, 0.1) is 17.3 Å². The summed E-state index contributed by atoms with van der Waals surface area (Å²) >= 11 is 0. The molecule has 3 heteroatoms. The van der Waals surface area contributed by atoms with Gasteiger partial charge in [0, 0.05) is 13.0 Å². The second kappa shape index (κ2) is 4.22. The molecule has 3 nitrogen and oxygen atoms in total. The molecule has 4 bridgehead atoms. The predicted octanol–water partition coefficient (Wildman–Crippen LogP) is 2.23. The zero-order valence-corrected chi connectivity index (χ0v) is 11.4. The van der Waals surface area contributed by atoms with Gasteiger partial charge in [-0.1, -0.05) is 6.92 Å². The van der Waals surface area contributed by atoms with E-state index in [0.29, 0.717) is 18.3 Å². The molecule has 0 saturated heterocycles. The van der Waals surface area contributed by atoms with Gasteiger partial charge >= 0.3 is 0 Å². The van der Waals surface area contributed by atoms with E-state index in [1.807, 2.05) is 0 Å². The number of aliphatic hydroxyl groups is 1. The van der Waals surface area contributed by atoms with Crippen LogP contribution in [0.4, 0.5) is 0 Å². The molecule has 0 radical (unpaired) electrons. The van der Waals surface area contributed by atoms with E-state index in [1.54, 1.807) is 0 Å². The van der Waals surface area contributed by atoms with Crippen molar-refractivity contribution < 1.29 is 9.90 Å². The first-order valence-corrected chi connectivity index (χ1v) is 7.52. The summed E-state index contributed by atoms with van der Waals surface area (Å²) in [5, 5.41) is 13.6. The molecule has 0 aromatic carbocycles. The Hall–Kier alpha value is -0.570. The molecular weight excluding hydrogens is 226 g/mol. The van der Waals surface area contributed by atoms with Crippen molar-refractivity contribution in [3.05, 3.63) is 0 Å². The first-order chi connectivity index (χ1) is 8.53. The molecule has 0 aromatic heterocycles. The van der Waals surface area contributed by atoms with Crippen LogP contribution in [0.2, 0.25) is 0 Å². The Morgan fingerprint density at radius 2 is 1.94 bits per heavy atom. The van der Waals surface area contributed by atoms with Crippen molar-refractivity contribution in [1.82, 2.24) is 5.32 Å². The molecule has 102 valence electrons. The van der Waals surface area contributed by atoms with Crippen LogP contribution in [-0.4, -0.2) is 23.2 Å². The van der Waals surface area contributed by atoms with Crippen molar-refractivity contribution in [2.75, 3.05) is 6.54 Å². The summed E-state index contributed by atoms with van der Waals surface area (Å²) in [5.74, 6) is 1.55. The topological polar surface area (TPSA) is 49.3 Å². The zero-order valence-electron chi connectivity index (χ0n) is 11.4. The predicted molar refractivity (Wildman–Crippen MR) is 70.0 cm³/mol. The van der Waals surface area contributed by atoms with Crippen molar-refractivity contribution in [3.8, 4) is 0 Å². The molecule has 0 heterocycles. The molecule has 4 fully saturated rings. The molecule has 4 aliphatic carbocycles. The fourth-order valence-electron chi connectivity index (χ4n) is 5.28. The molecule has 4 aliphatic rings. The van der Waals surface area contributed by atoms with E-state index in [2.05, 4.69) is 12.2 Å². The lowest BCUT2D eigenvalue weighted by Gasteiger charge is -2.60. The van der Waals surface area contributed by atoms with Crippen molar-refractivity contribution in [1.29, 1.82) is 0 Å². The number of carbonyl (C=O) groups excluding carboxylic acids is 1. The third-order valence-electron chi connectivity index (χ3n) is 5.26. The van der Waals surface area contributed by atoms with Gasteiger partial charge in [0.2, 0.25) is 5.91 Å². The fraction of sp³-hybridized carbons (Fsp3) is 0.933. The van der Waals surface area contributed by atoms with Gasteiger partial charge in [0.15, 0.2) is 0 Å². The van der Waals surface area contributed by atoms with E-state index >= 15 is 0 Å². The van der Waals surface area contributed by atoms with Crippen LogP contribution in [0.25, 0.3) is 0 Å². The Morgan fingerprint density at radius 3 is 2.50 bits per heavy atom. The van der Waals surface area contributed by atoms with E-state index in [4.69, 9.17) is 0 Å². The van der Waals surface area contributed by atoms with Gasteiger partial charge in [-0.2, -0.15) is 0 Å². The van der Waals surface area contributed by atoms with Crippen molar-refractivity contribution >= 4 is 5.91 Å². The molecule has 0 aromatic rings. The first kappa shape index (κ1) is 12.5. The summed E-state index contributed by atoms with van der Waals surface area (Å²) in [4.78, 5) is 12.0. The monoisotopic (exact) mass is 251 g/mol. The summed E-state index contributed by atoms with van der Waals surface area (Å²) in [6.45, 7) is 2.86. The zero-order chi connectivity index (χ0) is 12.8. The average molecular weight is 251 g/mol. The summed E-state index contributed by atoms with van der Waals surface area (Å²) < 4.78 is 0. The van der Waals surface area contributed by atoms with Gasteiger partial charge in [0.1, 0.15) is 0 Å². The average Bonchev–Trinajstić information content (AvgIpc) is 2.21. The van der Waals surface area contributed by atoms with Crippen molar-refractivity contribution in [3.63, 3.8) is 0 Å². The molecule has 18 heavy (non-hydrogen) atoms. The first-order valence-electron chi connectivity index (χ1n) is 7.52. The van der Waals surface area contributed by atoms with Crippen LogP contribution in [0.3, 0.4) is 0 Å². The molecule has 4 saturated carbocycles. The maximum atomic E-state index is 12.0. The maximum absolute atomic E-state index is 12.0. The highest BCUT2D eigenvalue weighted by Crippen LogP contribution is 2.62. The number of hydrogen-bond acceptors (Lipinski definition) is 2. The molecule has 4 rings (SSSR count). The normalized spacial score (nSPS) is 45.2. The number of hydrogen-bond donors (Lipinski definition) is 2. The quantitative estimate of drug-likeness (QED) is 0.805.